The van der Waals surface area contributed by atoms with Gasteiger partial charge in [0.25, 0.3) is 5.91 Å². The molecule has 1 heterocycles. The molecule has 0 unspecified atom stereocenters. The number of nitrogens with one attached hydrogen (secondary N) is 1. The van der Waals surface area contributed by atoms with Crippen LogP contribution in [0.2, 0.25) is 0 Å². The van der Waals surface area contributed by atoms with Crippen LogP contribution in [0.1, 0.15) is 21.7 Å². The largest absolute Gasteiger partial charge is 0.341 e. The van der Waals surface area contributed by atoms with Crippen molar-refractivity contribution in [2.24, 2.45) is 0 Å². The number of carbonyl (C=O) groups is 1. The number of hydrogen-bond donors (Lipinski definition) is 1. The number of carbonyl (C=O) groups excluding carboxylic acids is 1. The molecule has 4 nitrogen and oxygen atoms in total. The molecule has 5 heteroatoms. The van der Waals surface area contributed by atoms with Gasteiger partial charge in [0.05, 0.1) is 11.3 Å². The minimum atomic E-state index is 0.0489. The first-order valence-electron chi connectivity index (χ1n) is 4.84. The van der Waals surface area contributed by atoms with Crippen molar-refractivity contribution in [3.63, 3.8) is 0 Å². The van der Waals surface area contributed by atoms with Crippen molar-refractivity contribution in [2.75, 3.05) is 25.6 Å². The normalized spacial score (nSPS) is 10.4. The average molecular weight is 227 g/mol. The molecule has 0 radical (unpaired) electrons. The van der Waals surface area contributed by atoms with Gasteiger partial charge in [0.2, 0.25) is 0 Å². The van der Waals surface area contributed by atoms with E-state index < -0.39 is 0 Å². The molecule has 0 bridgehead atoms. The number of aromatic amines is 1. The number of aryl methyl sites for hydroxylation is 2. The Labute approximate surface area is 94.4 Å². The molecule has 1 aromatic rings. The second kappa shape index (κ2) is 5.21. The van der Waals surface area contributed by atoms with E-state index in [-0.39, 0.29) is 5.91 Å². The van der Waals surface area contributed by atoms with E-state index in [0.717, 1.165) is 23.7 Å². The highest BCUT2D eigenvalue weighted by Crippen LogP contribution is 2.12. The molecule has 0 atom stereocenters. The third-order valence-corrected chi connectivity index (χ3v) is 2.91. The fourth-order valence-electron chi connectivity index (χ4n) is 1.39. The summed E-state index contributed by atoms with van der Waals surface area (Å²) in [5.74, 6) is 1.01. The molecule has 1 amide bonds. The lowest BCUT2D eigenvalue weighted by Crippen LogP contribution is -2.29. The van der Waals surface area contributed by atoms with Crippen molar-refractivity contribution in [2.45, 2.75) is 13.8 Å². The number of hydrogen-bond acceptors (Lipinski definition) is 3. The maximum atomic E-state index is 12.0. The van der Waals surface area contributed by atoms with Crippen LogP contribution in [0.3, 0.4) is 0 Å². The Morgan fingerprint density at radius 3 is 2.67 bits per heavy atom. The molecule has 0 saturated carbocycles. The van der Waals surface area contributed by atoms with Gasteiger partial charge in [0, 0.05) is 25.0 Å². The number of nitrogens with zero attached hydrogens (tertiary/aromatic N) is 2. The summed E-state index contributed by atoms with van der Waals surface area (Å²) < 4.78 is 0. The molecule has 0 fully saturated rings. The first-order valence-corrected chi connectivity index (χ1v) is 6.23. The monoisotopic (exact) mass is 227 g/mol. The van der Waals surface area contributed by atoms with E-state index in [0.29, 0.717) is 5.56 Å². The molecule has 0 aliphatic heterocycles. The Hall–Kier alpha value is -0.970. The lowest BCUT2D eigenvalue weighted by Gasteiger charge is -2.16. The molecule has 84 valence electrons. The first kappa shape index (κ1) is 12.1. The zero-order valence-corrected chi connectivity index (χ0v) is 10.4. The van der Waals surface area contributed by atoms with Crippen LogP contribution in [-0.4, -0.2) is 46.6 Å². The topological polar surface area (TPSA) is 49.0 Å². The summed E-state index contributed by atoms with van der Waals surface area (Å²) in [4.78, 5) is 13.7. The van der Waals surface area contributed by atoms with Gasteiger partial charge in [0.1, 0.15) is 0 Å². The zero-order valence-electron chi connectivity index (χ0n) is 9.63. The molecule has 1 N–H and O–H groups in total. The highest BCUT2D eigenvalue weighted by Gasteiger charge is 2.18. The summed E-state index contributed by atoms with van der Waals surface area (Å²) in [6, 6.07) is 0. The molecule has 0 saturated heterocycles. The molecule has 0 aromatic carbocycles. The van der Waals surface area contributed by atoms with Crippen LogP contribution in [0.15, 0.2) is 0 Å². The molecule has 15 heavy (non-hydrogen) atoms. The summed E-state index contributed by atoms with van der Waals surface area (Å²) in [5.41, 5.74) is 2.32. The molecule has 1 aromatic heterocycles. The highest BCUT2D eigenvalue weighted by atomic mass is 32.2. The summed E-state index contributed by atoms with van der Waals surface area (Å²) >= 11 is 1.74. The lowest BCUT2D eigenvalue weighted by atomic mass is 10.2. The van der Waals surface area contributed by atoms with E-state index in [2.05, 4.69) is 10.2 Å². The van der Waals surface area contributed by atoms with Gasteiger partial charge < -0.3 is 4.90 Å². The van der Waals surface area contributed by atoms with Crippen LogP contribution in [0.5, 0.6) is 0 Å². The standard InChI is InChI=1S/C10H17N3OS/c1-7-9(8(2)12-11-7)10(14)13(3)5-6-15-4/h5-6H2,1-4H3,(H,11,12). The van der Waals surface area contributed by atoms with Crippen LogP contribution < -0.4 is 0 Å². The maximum absolute atomic E-state index is 12.0. The Morgan fingerprint density at radius 2 is 2.20 bits per heavy atom. The van der Waals surface area contributed by atoms with Crippen molar-refractivity contribution in [3.8, 4) is 0 Å². The zero-order chi connectivity index (χ0) is 11.4. The van der Waals surface area contributed by atoms with E-state index >= 15 is 0 Å². The van der Waals surface area contributed by atoms with Gasteiger partial charge in [-0.1, -0.05) is 0 Å². The number of rotatable bonds is 4. The Balaban J connectivity index is 2.76. The van der Waals surface area contributed by atoms with Crippen molar-refractivity contribution in [1.82, 2.24) is 15.1 Å². The molecule has 0 aliphatic rings. The van der Waals surface area contributed by atoms with Crippen LogP contribution in [0.4, 0.5) is 0 Å². The van der Waals surface area contributed by atoms with Gasteiger partial charge in [-0.2, -0.15) is 16.9 Å². The molecular weight excluding hydrogens is 210 g/mol. The van der Waals surface area contributed by atoms with Gasteiger partial charge in [-0.15, -0.1) is 0 Å². The minimum Gasteiger partial charge on any atom is -0.341 e. The van der Waals surface area contributed by atoms with E-state index in [4.69, 9.17) is 0 Å². The number of amides is 1. The smallest absolute Gasteiger partial charge is 0.257 e. The van der Waals surface area contributed by atoms with Crippen molar-refractivity contribution < 1.29 is 4.79 Å². The highest BCUT2D eigenvalue weighted by molar-refractivity contribution is 7.98. The molecule has 1 rings (SSSR count). The number of thioether (sulfide) groups is 1. The lowest BCUT2D eigenvalue weighted by molar-refractivity contribution is 0.0802. The summed E-state index contributed by atoms with van der Waals surface area (Å²) in [6.45, 7) is 4.48. The second-order valence-electron chi connectivity index (χ2n) is 3.53. The SMILES string of the molecule is CSCCN(C)C(=O)c1c(C)n[nH]c1C. The van der Waals surface area contributed by atoms with Crippen LogP contribution >= 0.6 is 11.8 Å². The van der Waals surface area contributed by atoms with Crippen molar-refractivity contribution >= 4 is 17.7 Å². The van der Waals surface area contributed by atoms with Crippen LogP contribution in [0, 0.1) is 13.8 Å². The van der Waals surface area contributed by atoms with Gasteiger partial charge in [-0.3, -0.25) is 9.89 Å². The van der Waals surface area contributed by atoms with Gasteiger partial charge in [0.15, 0.2) is 0 Å². The van der Waals surface area contributed by atoms with E-state index in [9.17, 15) is 4.79 Å². The van der Waals surface area contributed by atoms with E-state index in [1.807, 2.05) is 27.2 Å². The number of H-pyrrole nitrogens is 1. The van der Waals surface area contributed by atoms with Crippen LogP contribution in [-0.2, 0) is 0 Å². The molecule has 0 aliphatic carbocycles. The second-order valence-corrected chi connectivity index (χ2v) is 4.51. The maximum Gasteiger partial charge on any atom is 0.257 e. The Kier molecular flexibility index (Phi) is 4.20. The predicted octanol–water partition coefficient (Wildman–Crippen LogP) is 1.46. The fourth-order valence-corrected chi connectivity index (χ4v) is 1.84. The quantitative estimate of drug-likeness (QED) is 0.847. The average Bonchev–Trinajstić information content (AvgIpc) is 2.54. The Morgan fingerprint density at radius 1 is 1.53 bits per heavy atom. The third-order valence-electron chi connectivity index (χ3n) is 2.32. The van der Waals surface area contributed by atoms with Gasteiger partial charge >= 0.3 is 0 Å². The number of aromatic nitrogens is 2. The van der Waals surface area contributed by atoms with Gasteiger partial charge in [-0.25, -0.2) is 0 Å². The molecular formula is C10H17N3OS. The van der Waals surface area contributed by atoms with Gasteiger partial charge in [-0.05, 0) is 20.1 Å². The van der Waals surface area contributed by atoms with E-state index in [1.54, 1.807) is 16.7 Å². The molecule has 0 spiro atoms. The summed E-state index contributed by atoms with van der Waals surface area (Å²) in [7, 11) is 1.82. The predicted molar refractivity (Wildman–Crippen MR) is 63.4 cm³/mol. The fraction of sp³-hybridized carbons (Fsp3) is 0.600. The summed E-state index contributed by atoms with van der Waals surface area (Å²) in [6.07, 6.45) is 2.03. The Bertz CT molecular complexity index is 329. The minimum absolute atomic E-state index is 0.0489. The van der Waals surface area contributed by atoms with Crippen molar-refractivity contribution in [1.29, 1.82) is 0 Å². The first-order chi connectivity index (χ1) is 7.07. The van der Waals surface area contributed by atoms with E-state index in [1.165, 1.54) is 0 Å². The summed E-state index contributed by atoms with van der Waals surface area (Å²) in [5, 5.41) is 6.85. The third kappa shape index (κ3) is 2.75. The van der Waals surface area contributed by atoms with Crippen molar-refractivity contribution in [3.05, 3.63) is 17.0 Å². The van der Waals surface area contributed by atoms with Crippen LogP contribution in [0.25, 0.3) is 0 Å².